The number of hydrogen-bond acceptors (Lipinski definition) is 2. The molecule has 12 heavy (non-hydrogen) atoms. The molecular weight excluding hydrogens is 152 g/mol. The Kier molecular flexibility index (Phi) is 2.33. The topological polar surface area (TPSA) is 26.3 Å². The zero-order valence-corrected chi connectivity index (χ0v) is 7.42. The fraction of sp³-hybridized carbons (Fsp3) is 0.900. The van der Waals surface area contributed by atoms with Crippen molar-refractivity contribution in [2.75, 3.05) is 6.61 Å². The van der Waals surface area contributed by atoms with Crippen LogP contribution < -0.4 is 0 Å². The number of fused-ring (bicyclic) bond motifs is 1. The standard InChI is InChI=1S/C10H16O2/c11-10-9-6-4-2-1-3-5-8(9)7-12-10/h8-9H,1-7H2. The van der Waals surface area contributed by atoms with E-state index in [0.29, 0.717) is 12.5 Å². The molecular formula is C10H16O2. The van der Waals surface area contributed by atoms with E-state index in [1.807, 2.05) is 0 Å². The fourth-order valence-electron chi connectivity index (χ4n) is 2.37. The third-order valence-corrected chi connectivity index (χ3v) is 3.15. The monoisotopic (exact) mass is 168 g/mol. The molecule has 0 N–H and O–H groups in total. The minimum atomic E-state index is 0.0712. The highest BCUT2D eigenvalue weighted by molar-refractivity contribution is 5.74. The van der Waals surface area contributed by atoms with Crippen LogP contribution in [0.25, 0.3) is 0 Å². The molecule has 68 valence electrons. The first-order valence-corrected chi connectivity index (χ1v) is 5.04. The molecule has 1 heterocycles. The lowest BCUT2D eigenvalue weighted by Gasteiger charge is -2.17. The molecule has 2 heteroatoms. The van der Waals surface area contributed by atoms with Gasteiger partial charge in [-0.05, 0) is 12.8 Å². The van der Waals surface area contributed by atoms with Gasteiger partial charge >= 0.3 is 5.97 Å². The van der Waals surface area contributed by atoms with Crippen LogP contribution in [-0.4, -0.2) is 12.6 Å². The first-order chi connectivity index (χ1) is 5.88. The summed E-state index contributed by atoms with van der Waals surface area (Å²) in [7, 11) is 0. The van der Waals surface area contributed by atoms with Crippen molar-refractivity contribution in [3.05, 3.63) is 0 Å². The van der Waals surface area contributed by atoms with E-state index >= 15 is 0 Å². The molecule has 2 nitrogen and oxygen atoms in total. The lowest BCUT2D eigenvalue weighted by Crippen LogP contribution is -2.17. The Balaban J connectivity index is 2.00. The zero-order chi connectivity index (χ0) is 8.39. The molecule has 0 aromatic carbocycles. The number of esters is 1. The van der Waals surface area contributed by atoms with Crippen LogP contribution in [-0.2, 0) is 9.53 Å². The summed E-state index contributed by atoms with van der Waals surface area (Å²) in [5.41, 5.74) is 0. The van der Waals surface area contributed by atoms with Gasteiger partial charge in [0.05, 0.1) is 12.5 Å². The number of carbonyl (C=O) groups is 1. The van der Waals surface area contributed by atoms with E-state index in [1.165, 1.54) is 32.1 Å². The van der Waals surface area contributed by atoms with E-state index in [-0.39, 0.29) is 11.9 Å². The van der Waals surface area contributed by atoms with Crippen LogP contribution in [0.4, 0.5) is 0 Å². The highest BCUT2D eigenvalue weighted by atomic mass is 16.5. The Morgan fingerprint density at radius 2 is 1.83 bits per heavy atom. The summed E-state index contributed by atoms with van der Waals surface area (Å²) in [6.07, 6.45) is 7.43. The van der Waals surface area contributed by atoms with E-state index in [0.717, 1.165) is 6.42 Å². The van der Waals surface area contributed by atoms with Gasteiger partial charge in [-0.25, -0.2) is 0 Å². The first-order valence-electron chi connectivity index (χ1n) is 5.04. The summed E-state index contributed by atoms with van der Waals surface area (Å²) >= 11 is 0. The lowest BCUT2D eigenvalue weighted by molar-refractivity contribution is -0.141. The van der Waals surface area contributed by atoms with Crippen molar-refractivity contribution in [3.8, 4) is 0 Å². The Hall–Kier alpha value is -0.530. The number of rotatable bonds is 0. The predicted molar refractivity (Wildman–Crippen MR) is 45.6 cm³/mol. The summed E-state index contributed by atoms with van der Waals surface area (Å²) in [5, 5.41) is 0. The second-order valence-electron chi connectivity index (χ2n) is 3.99. The van der Waals surface area contributed by atoms with Crippen LogP contribution >= 0.6 is 0 Å². The largest absolute Gasteiger partial charge is 0.465 e. The highest BCUT2D eigenvalue weighted by Gasteiger charge is 2.36. The quantitative estimate of drug-likeness (QED) is 0.518. The van der Waals surface area contributed by atoms with Crippen molar-refractivity contribution in [1.29, 1.82) is 0 Å². The molecule has 1 saturated heterocycles. The van der Waals surface area contributed by atoms with Crippen molar-refractivity contribution in [3.63, 3.8) is 0 Å². The van der Waals surface area contributed by atoms with Gasteiger partial charge in [0.25, 0.3) is 0 Å². The van der Waals surface area contributed by atoms with Gasteiger partial charge in [0.15, 0.2) is 0 Å². The Morgan fingerprint density at radius 1 is 1.08 bits per heavy atom. The lowest BCUT2D eigenvalue weighted by atomic mass is 9.84. The summed E-state index contributed by atoms with van der Waals surface area (Å²) in [6, 6.07) is 0. The van der Waals surface area contributed by atoms with E-state index < -0.39 is 0 Å². The molecule has 1 aliphatic heterocycles. The Bertz CT molecular complexity index is 177. The minimum Gasteiger partial charge on any atom is -0.465 e. The maximum Gasteiger partial charge on any atom is 0.309 e. The van der Waals surface area contributed by atoms with Crippen LogP contribution in [0.3, 0.4) is 0 Å². The number of cyclic esters (lactones) is 1. The average Bonchev–Trinajstić information content (AvgIpc) is 2.31. The van der Waals surface area contributed by atoms with E-state index in [2.05, 4.69) is 0 Å². The van der Waals surface area contributed by atoms with Crippen molar-refractivity contribution < 1.29 is 9.53 Å². The predicted octanol–water partition coefficient (Wildman–Crippen LogP) is 2.13. The van der Waals surface area contributed by atoms with Crippen molar-refractivity contribution in [2.45, 2.75) is 38.5 Å². The van der Waals surface area contributed by atoms with Gasteiger partial charge in [0, 0.05) is 5.92 Å². The number of ether oxygens (including phenoxy) is 1. The zero-order valence-electron chi connectivity index (χ0n) is 7.42. The molecule has 0 aromatic rings. The smallest absolute Gasteiger partial charge is 0.309 e. The normalized spacial score (nSPS) is 36.5. The van der Waals surface area contributed by atoms with E-state index in [9.17, 15) is 4.79 Å². The third-order valence-electron chi connectivity index (χ3n) is 3.15. The molecule has 0 radical (unpaired) electrons. The van der Waals surface area contributed by atoms with Crippen LogP contribution in [0.5, 0.6) is 0 Å². The number of carbonyl (C=O) groups excluding carboxylic acids is 1. The van der Waals surface area contributed by atoms with E-state index in [4.69, 9.17) is 4.74 Å². The maximum absolute atomic E-state index is 11.3. The SMILES string of the molecule is O=C1OCC2CCCCCCC12. The summed E-state index contributed by atoms with van der Waals surface area (Å²) in [5.74, 6) is 0.880. The summed E-state index contributed by atoms with van der Waals surface area (Å²) in [4.78, 5) is 11.3. The Morgan fingerprint density at radius 3 is 2.67 bits per heavy atom. The van der Waals surface area contributed by atoms with Gasteiger partial charge in [-0.3, -0.25) is 4.79 Å². The van der Waals surface area contributed by atoms with Crippen LogP contribution in [0.15, 0.2) is 0 Å². The molecule has 2 aliphatic rings. The van der Waals surface area contributed by atoms with Gasteiger partial charge in [0.2, 0.25) is 0 Å². The van der Waals surface area contributed by atoms with Crippen molar-refractivity contribution >= 4 is 5.97 Å². The molecule has 0 amide bonds. The summed E-state index contributed by atoms with van der Waals surface area (Å²) < 4.78 is 5.07. The molecule has 2 fully saturated rings. The molecule has 2 atom stereocenters. The highest BCUT2D eigenvalue weighted by Crippen LogP contribution is 2.33. The third kappa shape index (κ3) is 1.47. The fourth-order valence-corrected chi connectivity index (χ4v) is 2.37. The molecule has 2 unspecified atom stereocenters. The molecule has 0 aromatic heterocycles. The second kappa shape index (κ2) is 3.46. The van der Waals surface area contributed by atoms with Crippen LogP contribution in [0, 0.1) is 11.8 Å². The van der Waals surface area contributed by atoms with Gasteiger partial charge < -0.3 is 4.74 Å². The van der Waals surface area contributed by atoms with Gasteiger partial charge in [0.1, 0.15) is 0 Å². The first kappa shape index (κ1) is 8.09. The van der Waals surface area contributed by atoms with Crippen LogP contribution in [0.2, 0.25) is 0 Å². The summed E-state index contributed by atoms with van der Waals surface area (Å²) in [6.45, 7) is 0.698. The Labute approximate surface area is 73.3 Å². The van der Waals surface area contributed by atoms with Crippen molar-refractivity contribution in [2.24, 2.45) is 11.8 Å². The van der Waals surface area contributed by atoms with Gasteiger partial charge in [-0.15, -0.1) is 0 Å². The maximum atomic E-state index is 11.3. The molecule has 0 spiro atoms. The molecule has 1 aliphatic carbocycles. The average molecular weight is 168 g/mol. The number of hydrogen-bond donors (Lipinski definition) is 0. The molecule has 0 bridgehead atoms. The van der Waals surface area contributed by atoms with Gasteiger partial charge in [-0.2, -0.15) is 0 Å². The van der Waals surface area contributed by atoms with Gasteiger partial charge in [-0.1, -0.05) is 25.7 Å². The van der Waals surface area contributed by atoms with Crippen molar-refractivity contribution in [1.82, 2.24) is 0 Å². The minimum absolute atomic E-state index is 0.0712. The van der Waals surface area contributed by atoms with Crippen LogP contribution in [0.1, 0.15) is 38.5 Å². The van der Waals surface area contributed by atoms with E-state index in [1.54, 1.807) is 0 Å². The second-order valence-corrected chi connectivity index (χ2v) is 3.99. The molecule has 2 rings (SSSR count). The molecule has 1 saturated carbocycles.